The molecule has 1 aliphatic carbocycles. The predicted octanol–water partition coefficient (Wildman–Crippen LogP) is 2.33. The van der Waals surface area contributed by atoms with E-state index in [2.05, 4.69) is 40.5 Å². The fraction of sp³-hybridized carbons (Fsp3) is 0.381. The summed E-state index contributed by atoms with van der Waals surface area (Å²) in [5, 5.41) is 12.4. The number of carbonyl (C=O) groups is 1. The van der Waals surface area contributed by atoms with Gasteiger partial charge in [-0.15, -0.1) is 0 Å². The molecule has 0 bridgehead atoms. The summed E-state index contributed by atoms with van der Waals surface area (Å²) in [6.07, 6.45) is 2.88. The van der Waals surface area contributed by atoms with Crippen LogP contribution in [0.3, 0.4) is 0 Å². The van der Waals surface area contributed by atoms with Crippen molar-refractivity contribution in [3.8, 4) is 0 Å². The van der Waals surface area contributed by atoms with Crippen LogP contribution in [0, 0.1) is 0 Å². The number of rotatable bonds is 8. The van der Waals surface area contributed by atoms with Crippen LogP contribution in [-0.4, -0.2) is 42.2 Å². The van der Waals surface area contributed by atoms with Crippen molar-refractivity contribution in [3.63, 3.8) is 0 Å². The second-order valence-electron chi connectivity index (χ2n) is 6.53. The topological polar surface area (TPSA) is 52.6 Å². The highest BCUT2D eigenvalue weighted by Crippen LogP contribution is 2.35. The molecule has 0 spiro atoms. The number of aliphatic hydroxyl groups is 1. The van der Waals surface area contributed by atoms with Crippen LogP contribution in [0.15, 0.2) is 54.6 Å². The highest BCUT2D eigenvalue weighted by molar-refractivity contribution is 5.78. The number of amides is 1. The summed E-state index contributed by atoms with van der Waals surface area (Å²) < 4.78 is 0. The third-order valence-corrected chi connectivity index (χ3v) is 4.85. The smallest absolute Gasteiger partial charge is 0.234 e. The first-order valence-corrected chi connectivity index (χ1v) is 9.01. The first-order chi connectivity index (χ1) is 12.3. The standard InChI is InChI=1S/C21H26N2O2/c24-15-14-23(20-11-10-18-8-4-5-9-19(18)20)16-21(25)22-13-12-17-6-2-1-3-7-17/h1-9,20,24H,10-16H2,(H,22,25). The van der Waals surface area contributed by atoms with Crippen molar-refractivity contribution in [2.45, 2.75) is 25.3 Å². The van der Waals surface area contributed by atoms with Crippen LogP contribution in [0.5, 0.6) is 0 Å². The van der Waals surface area contributed by atoms with E-state index in [9.17, 15) is 9.90 Å². The van der Waals surface area contributed by atoms with Crippen LogP contribution < -0.4 is 5.32 Å². The van der Waals surface area contributed by atoms with Crippen LogP contribution in [0.4, 0.5) is 0 Å². The molecule has 2 N–H and O–H groups in total. The molecule has 2 aromatic carbocycles. The van der Waals surface area contributed by atoms with Crippen LogP contribution in [0.25, 0.3) is 0 Å². The monoisotopic (exact) mass is 338 g/mol. The van der Waals surface area contributed by atoms with Crippen molar-refractivity contribution in [1.82, 2.24) is 10.2 Å². The molecular weight excluding hydrogens is 312 g/mol. The van der Waals surface area contributed by atoms with Crippen molar-refractivity contribution in [2.75, 3.05) is 26.2 Å². The first-order valence-electron chi connectivity index (χ1n) is 9.01. The Morgan fingerprint density at radius 3 is 2.68 bits per heavy atom. The SMILES string of the molecule is O=C(CN(CCO)C1CCc2ccccc21)NCCc1ccccc1. The van der Waals surface area contributed by atoms with E-state index >= 15 is 0 Å². The Balaban J connectivity index is 1.54. The maximum atomic E-state index is 12.4. The second-order valence-corrected chi connectivity index (χ2v) is 6.53. The lowest BCUT2D eigenvalue weighted by atomic mass is 10.1. The van der Waals surface area contributed by atoms with Gasteiger partial charge < -0.3 is 10.4 Å². The average molecular weight is 338 g/mol. The van der Waals surface area contributed by atoms with Crippen LogP contribution in [-0.2, 0) is 17.6 Å². The van der Waals surface area contributed by atoms with E-state index in [0.717, 1.165) is 19.3 Å². The summed E-state index contributed by atoms with van der Waals surface area (Å²) in [6, 6.07) is 18.8. The molecule has 0 saturated heterocycles. The van der Waals surface area contributed by atoms with Crippen molar-refractivity contribution >= 4 is 5.91 Å². The van der Waals surface area contributed by atoms with E-state index < -0.39 is 0 Å². The van der Waals surface area contributed by atoms with E-state index in [4.69, 9.17) is 0 Å². The van der Waals surface area contributed by atoms with E-state index in [0.29, 0.717) is 19.6 Å². The van der Waals surface area contributed by atoms with E-state index in [1.54, 1.807) is 0 Å². The quantitative estimate of drug-likeness (QED) is 0.777. The average Bonchev–Trinajstić information content (AvgIpc) is 3.06. The van der Waals surface area contributed by atoms with Crippen LogP contribution in [0.2, 0.25) is 0 Å². The third-order valence-electron chi connectivity index (χ3n) is 4.85. The summed E-state index contributed by atoms with van der Waals surface area (Å²) >= 11 is 0. The number of nitrogens with zero attached hydrogens (tertiary/aromatic N) is 1. The summed E-state index contributed by atoms with van der Waals surface area (Å²) in [6.45, 7) is 1.55. The Morgan fingerprint density at radius 2 is 1.88 bits per heavy atom. The van der Waals surface area contributed by atoms with Gasteiger partial charge in [-0.25, -0.2) is 0 Å². The van der Waals surface area contributed by atoms with Gasteiger partial charge in [-0.3, -0.25) is 9.69 Å². The highest BCUT2D eigenvalue weighted by atomic mass is 16.3. The van der Waals surface area contributed by atoms with Gasteiger partial charge in [-0.2, -0.15) is 0 Å². The fourth-order valence-electron chi connectivity index (χ4n) is 3.62. The van der Waals surface area contributed by atoms with Crippen LogP contribution >= 0.6 is 0 Å². The van der Waals surface area contributed by atoms with Gasteiger partial charge >= 0.3 is 0 Å². The molecule has 0 aliphatic heterocycles. The zero-order valence-corrected chi connectivity index (χ0v) is 14.5. The summed E-state index contributed by atoms with van der Waals surface area (Å²) in [5.41, 5.74) is 3.88. The number of aliphatic hydroxyl groups excluding tert-OH is 1. The molecule has 4 nitrogen and oxygen atoms in total. The molecule has 1 amide bonds. The van der Waals surface area contributed by atoms with Gasteiger partial charge in [0.15, 0.2) is 0 Å². The number of hydrogen-bond donors (Lipinski definition) is 2. The largest absolute Gasteiger partial charge is 0.395 e. The summed E-state index contributed by atoms with van der Waals surface area (Å²) in [5.74, 6) is 0.0220. The highest BCUT2D eigenvalue weighted by Gasteiger charge is 2.28. The Hall–Kier alpha value is -2.17. The number of fused-ring (bicyclic) bond motifs is 1. The maximum absolute atomic E-state index is 12.4. The minimum absolute atomic E-state index is 0.0220. The number of benzene rings is 2. The second kappa shape index (κ2) is 8.79. The number of nitrogens with one attached hydrogen (secondary N) is 1. The lowest BCUT2D eigenvalue weighted by Gasteiger charge is -2.28. The lowest BCUT2D eigenvalue weighted by Crippen LogP contribution is -2.40. The molecule has 25 heavy (non-hydrogen) atoms. The van der Waals surface area contributed by atoms with Gasteiger partial charge in [0.05, 0.1) is 13.2 Å². The normalized spacial score (nSPS) is 16.0. The van der Waals surface area contributed by atoms with E-state index in [1.807, 2.05) is 24.3 Å². The zero-order chi connectivity index (χ0) is 17.5. The Bertz CT molecular complexity index is 687. The molecule has 0 heterocycles. The third kappa shape index (κ3) is 4.68. The molecule has 2 aromatic rings. The van der Waals surface area contributed by atoms with Crippen molar-refractivity contribution in [3.05, 3.63) is 71.3 Å². The molecule has 0 saturated carbocycles. The molecule has 0 radical (unpaired) electrons. The lowest BCUT2D eigenvalue weighted by molar-refractivity contribution is -0.122. The van der Waals surface area contributed by atoms with Gasteiger partial charge in [0.2, 0.25) is 5.91 Å². The van der Waals surface area contributed by atoms with E-state index in [1.165, 1.54) is 16.7 Å². The number of hydrogen-bond acceptors (Lipinski definition) is 3. The van der Waals surface area contributed by atoms with Gasteiger partial charge in [-0.05, 0) is 36.0 Å². The number of carbonyl (C=O) groups excluding carboxylic acids is 1. The minimum atomic E-state index is 0.0220. The van der Waals surface area contributed by atoms with Crippen molar-refractivity contribution < 1.29 is 9.90 Å². The zero-order valence-electron chi connectivity index (χ0n) is 14.5. The van der Waals surface area contributed by atoms with E-state index in [-0.39, 0.29) is 18.6 Å². The molecule has 1 unspecified atom stereocenters. The molecule has 0 fully saturated rings. The van der Waals surface area contributed by atoms with Crippen molar-refractivity contribution in [1.29, 1.82) is 0 Å². The Morgan fingerprint density at radius 1 is 1.12 bits per heavy atom. The van der Waals surface area contributed by atoms with Gasteiger partial charge in [0.25, 0.3) is 0 Å². The first kappa shape index (κ1) is 17.6. The maximum Gasteiger partial charge on any atom is 0.234 e. The van der Waals surface area contributed by atoms with Crippen molar-refractivity contribution in [2.24, 2.45) is 0 Å². The van der Waals surface area contributed by atoms with Gasteiger partial charge in [0, 0.05) is 19.1 Å². The van der Waals surface area contributed by atoms with Crippen LogP contribution in [0.1, 0.15) is 29.2 Å². The predicted molar refractivity (Wildman–Crippen MR) is 99.3 cm³/mol. The molecule has 1 atom stereocenters. The molecule has 1 aliphatic rings. The Kier molecular flexibility index (Phi) is 6.20. The van der Waals surface area contributed by atoms with Gasteiger partial charge in [0.1, 0.15) is 0 Å². The Labute approximate surface area is 149 Å². The number of aryl methyl sites for hydroxylation is 1. The summed E-state index contributed by atoms with van der Waals surface area (Å²) in [7, 11) is 0. The minimum Gasteiger partial charge on any atom is -0.395 e. The molecule has 3 rings (SSSR count). The molecule has 0 aromatic heterocycles. The van der Waals surface area contributed by atoms with Gasteiger partial charge in [-0.1, -0.05) is 54.6 Å². The molecular formula is C21H26N2O2. The fourth-order valence-corrected chi connectivity index (χ4v) is 3.62. The molecule has 132 valence electrons. The summed E-state index contributed by atoms with van der Waals surface area (Å²) in [4.78, 5) is 14.5. The molecule has 4 heteroatoms.